The molecule has 0 bridgehead atoms. The highest BCUT2D eigenvalue weighted by molar-refractivity contribution is 5.59. The minimum Gasteiger partial charge on any atom is -0.457 e. The van der Waals surface area contributed by atoms with Crippen LogP contribution in [0.5, 0.6) is 11.5 Å². The van der Waals surface area contributed by atoms with Crippen LogP contribution >= 0.6 is 0 Å². The maximum atomic E-state index is 5.93. The van der Waals surface area contributed by atoms with Crippen LogP contribution in [0, 0.1) is 0 Å². The van der Waals surface area contributed by atoms with Crippen molar-refractivity contribution in [3.8, 4) is 11.5 Å². The smallest absolute Gasteiger partial charge is 0.131 e. The third-order valence-corrected chi connectivity index (χ3v) is 3.52. The number of allylic oxidation sites excluding steroid dienone is 1. The molecule has 0 N–H and O–H groups in total. The van der Waals surface area contributed by atoms with Crippen molar-refractivity contribution < 1.29 is 4.74 Å². The fourth-order valence-electron chi connectivity index (χ4n) is 2.45. The Morgan fingerprint density at radius 1 is 0.941 bits per heavy atom. The highest BCUT2D eigenvalue weighted by Crippen LogP contribution is 2.48. The number of hydrogen-bond acceptors (Lipinski definition) is 1. The summed E-state index contributed by atoms with van der Waals surface area (Å²) in [5, 5.41) is 0. The van der Waals surface area contributed by atoms with Gasteiger partial charge in [-0.2, -0.15) is 0 Å². The summed E-state index contributed by atoms with van der Waals surface area (Å²) in [4.78, 5) is 0. The number of rotatable bonds is 1. The zero-order valence-electron chi connectivity index (χ0n) is 9.81. The number of ether oxygens (including phenoxy) is 1. The Kier molecular flexibility index (Phi) is 2.08. The van der Waals surface area contributed by atoms with E-state index in [9.17, 15) is 0 Å². The van der Waals surface area contributed by atoms with Gasteiger partial charge in [-0.3, -0.25) is 0 Å². The first-order chi connectivity index (χ1) is 8.25. The fraction of sp³-hybridized carbons (Fsp3) is 0.125. The molecule has 1 heterocycles. The molecule has 1 aliphatic heterocycles. The number of fused-ring (bicyclic) bond motifs is 2. The molecule has 2 aromatic rings. The van der Waals surface area contributed by atoms with Gasteiger partial charge in [0.15, 0.2) is 0 Å². The summed E-state index contributed by atoms with van der Waals surface area (Å²) in [6.45, 7) is 6.18. The second kappa shape index (κ2) is 3.49. The summed E-state index contributed by atoms with van der Waals surface area (Å²) in [5.74, 6) is 1.85. The highest BCUT2D eigenvalue weighted by Gasteiger charge is 2.34. The molecule has 0 radical (unpaired) electrons. The Bertz CT molecular complexity index is 538. The van der Waals surface area contributed by atoms with E-state index in [1.165, 1.54) is 11.1 Å². The quantitative estimate of drug-likeness (QED) is 0.654. The van der Waals surface area contributed by atoms with Gasteiger partial charge in [0.25, 0.3) is 0 Å². The standard InChI is InChI=1S/C16H14O/c1-3-16(2)12-8-4-6-10-14(12)17-15-11-7-5-9-13(15)16/h3-11H,1H2,2H3. The van der Waals surface area contributed by atoms with Gasteiger partial charge in [0.1, 0.15) is 11.5 Å². The predicted molar refractivity (Wildman–Crippen MR) is 69.6 cm³/mol. The van der Waals surface area contributed by atoms with Crippen molar-refractivity contribution in [2.45, 2.75) is 12.3 Å². The normalized spacial score (nSPS) is 15.4. The van der Waals surface area contributed by atoms with Crippen molar-refractivity contribution in [2.24, 2.45) is 0 Å². The van der Waals surface area contributed by atoms with Gasteiger partial charge < -0.3 is 4.74 Å². The number of para-hydroxylation sites is 2. The summed E-state index contributed by atoms with van der Waals surface area (Å²) in [6.07, 6.45) is 1.99. The van der Waals surface area contributed by atoms with Gasteiger partial charge in [-0.25, -0.2) is 0 Å². The van der Waals surface area contributed by atoms with E-state index >= 15 is 0 Å². The van der Waals surface area contributed by atoms with E-state index in [-0.39, 0.29) is 5.41 Å². The molecular formula is C16H14O. The molecule has 0 aromatic heterocycles. The Hall–Kier alpha value is -2.02. The summed E-state index contributed by atoms with van der Waals surface area (Å²) >= 11 is 0. The molecule has 0 saturated heterocycles. The monoisotopic (exact) mass is 222 g/mol. The fourth-order valence-corrected chi connectivity index (χ4v) is 2.45. The minimum atomic E-state index is -0.175. The van der Waals surface area contributed by atoms with E-state index in [1.54, 1.807) is 0 Å². The summed E-state index contributed by atoms with van der Waals surface area (Å²) in [5.41, 5.74) is 2.17. The average molecular weight is 222 g/mol. The van der Waals surface area contributed by atoms with Crippen molar-refractivity contribution in [3.05, 3.63) is 72.3 Å². The van der Waals surface area contributed by atoms with E-state index in [0.717, 1.165) is 11.5 Å². The molecule has 0 amide bonds. The van der Waals surface area contributed by atoms with E-state index < -0.39 is 0 Å². The molecule has 0 unspecified atom stereocenters. The summed E-state index contributed by atoms with van der Waals surface area (Å²) < 4.78 is 5.93. The maximum Gasteiger partial charge on any atom is 0.131 e. The van der Waals surface area contributed by atoms with Crippen LogP contribution in [0.15, 0.2) is 61.2 Å². The molecule has 0 spiro atoms. The Balaban J connectivity index is 2.32. The molecule has 1 heteroatoms. The van der Waals surface area contributed by atoms with E-state index in [1.807, 2.05) is 42.5 Å². The van der Waals surface area contributed by atoms with E-state index in [0.29, 0.717) is 0 Å². The average Bonchev–Trinajstić information content (AvgIpc) is 2.39. The van der Waals surface area contributed by atoms with Crippen molar-refractivity contribution in [2.75, 3.05) is 0 Å². The van der Waals surface area contributed by atoms with Crippen molar-refractivity contribution >= 4 is 0 Å². The lowest BCUT2D eigenvalue weighted by atomic mass is 9.74. The van der Waals surface area contributed by atoms with Crippen LogP contribution in [0.25, 0.3) is 0 Å². The number of benzene rings is 2. The first-order valence-electron chi connectivity index (χ1n) is 5.76. The van der Waals surface area contributed by atoms with Crippen LogP contribution in [-0.2, 0) is 5.41 Å². The first-order valence-corrected chi connectivity index (χ1v) is 5.76. The molecular weight excluding hydrogens is 208 g/mol. The lowest BCUT2D eigenvalue weighted by molar-refractivity contribution is 0.431. The molecule has 84 valence electrons. The number of hydrogen-bond donors (Lipinski definition) is 0. The van der Waals surface area contributed by atoms with Gasteiger partial charge in [0, 0.05) is 16.5 Å². The van der Waals surface area contributed by atoms with Crippen LogP contribution in [0.3, 0.4) is 0 Å². The zero-order chi connectivity index (χ0) is 11.9. The van der Waals surface area contributed by atoms with Crippen LogP contribution < -0.4 is 4.74 Å². The maximum absolute atomic E-state index is 5.93. The van der Waals surface area contributed by atoms with Gasteiger partial charge in [0.05, 0.1) is 0 Å². The highest BCUT2D eigenvalue weighted by atomic mass is 16.5. The second-order valence-corrected chi connectivity index (χ2v) is 4.50. The SMILES string of the molecule is C=CC1(C)c2ccccc2Oc2ccccc21. The molecule has 2 aromatic carbocycles. The third kappa shape index (κ3) is 1.32. The zero-order valence-corrected chi connectivity index (χ0v) is 9.81. The third-order valence-electron chi connectivity index (χ3n) is 3.52. The lowest BCUT2D eigenvalue weighted by Crippen LogP contribution is -2.25. The van der Waals surface area contributed by atoms with Crippen LogP contribution in [0.4, 0.5) is 0 Å². The summed E-state index contributed by atoms with van der Waals surface area (Å²) in [7, 11) is 0. The van der Waals surface area contributed by atoms with Gasteiger partial charge in [0.2, 0.25) is 0 Å². The predicted octanol–water partition coefficient (Wildman–Crippen LogP) is 4.28. The van der Waals surface area contributed by atoms with Gasteiger partial charge in [-0.1, -0.05) is 42.5 Å². The molecule has 0 atom stereocenters. The van der Waals surface area contributed by atoms with E-state index in [4.69, 9.17) is 4.74 Å². The van der Waals surface area contributed by atoms with Crippen molar-refractivity contribution in [1.29, 1.82) is 0 Å². The molecule has 1 nitrogen and oxygen atoms in total. The Morgan fingerprint density at radius 3 is 1.88 bits per heavy atom. The van der Waals surface area contributed by atoms with Crippen LogP contribution in [0.2, 0.25) is 0 Å². The molecule has 0 aliphatic carbocycles. The van der Waals surface area contributed by atoms with Crippen LogP contribution in [0.1, 0.15) is 18.1 Å². The first kappa shape index (κ1) is 10.2. The second-order valence-electron chi connectivity index (χ2n) is 4.50. The van der Waals surface area contributed by atoms with Gasteiger partial charge in [-0.15, -0.1) is 6.58 Å². The molecule has 17 heavy (non-hydrogen) atoms. The van der Waals surface area contributed by atoms with Gasteiger partial charge >= 0.3 is 0 Å². The minimum absolute atomic E-state index is 0.175. The summed E-state index contributed by atoms with van der Waals surface area (Å²) in [6, 6.07) is 16.3. The molecule has 0 saturated carbocycles. The Morgan fingerprint density at radius 2 is 1.41 bits per heavy atom. The van der Waals surface area contributed by atoms with Crippen molar-refractivity contribution in [1.82, 2.24) is 0 Å². The topological polar surface area (TPSA) is 9.23 Å². The van der Waals surface area contributed by atoms with Crippen molar-refractivity contribution in [3.63, 3.8) is 0 Å². The Labute approximate surface area is 101 Å². The van der Waals surface area contributed by atoms with Gasteiger partial charge in [-0.05, 0) is 19.1 Å². The van der Waals surface area contributed by atoms with Crippen LogP contribution in [-0.4, -0.2) is 0 Å². The molecule has 1 aliphatic rings. The molecule has 0 fully saturated rings. The van der Waals surface area contributed by atoms with E-state index in [2.05, 4.69) is 25.6 Å². The lowest BCUT2D eigenvalue weighted by Gasteiger charge is -2.34. The largest absolute Gasteiger partial charge is 0.457 e. The molecule has 3 rings (SSSR count).